The summed E-state index contributed by atoms with van der Waals surface area (Å²) < 4.78 is 10.6. The summed E-state index contributed by atoms with van der Waals surface area (Å²) in [6.07, 6.45) is 1.70. The maximum Gasteiger partial charge on any atom is 0.226 e. The minimum Gasteiger partial charge on any atom is -0.497 e. The molecule has 0 aromatic heterocycles. The molecule has 24 heavy (non-hydrogen) atoms. The minimum atomic E-state index is -0.0464. The third-order valence-electron chi connectivity index (χ3n) is 4.23. The predicted molar refractivity (Wildman–Crippen MR) is 94.9 cm³/mol. The molecule has 7 heteroatoms. The van der Waals surface area contributed by atoms with E-state index in [1.54, 1.807) is 19.1 Å². The molecule has 1 aromatic carbocycles. The lowest BCUT2D eigenvalue weighted by Crippen LogP contribution is -2.41. The van der Waals surface area contributed by atoms with E-state index in [0.717, 1.165) is 31.5 Å². The summed E-state index contributed by atoms with van der Waals surface area (Å²) in [5.41, 5.74) is 0.907. The summed E-state index contributed by atoms with van der Waals surface area (Å²) in [5, 5.41) is 12.6. The highest BCUT2D eigenvalue weighted by molar-refractivity contribution is 5.85. The van der Waals surface area contributed by atoms with Gasteiger partial charge in [0.1, 0.15) is 11.5 Å². The van der Waals surface area contributed by atoms with Gasteiger partial charge >= 0.3 is 0 Å². The van der Waals surface area contributed by atoms with Crippen LogP contribution in [0.4, 0.5) is 0 Å². The van der Waals surface area contributed by atoms with Crippen molar-refractivity contribution in [2.75, 3.05) is 40.5 Å². The summed E-state index contributed by atoms with van der Waals surface area (Å²) >= 11 is 0. The summed E-state index contributed by atoms with van der Waals surface area (Å²) in [7, 11) is 3.20. The zero-order valence-electron chi connectivity index (χ0n) is 14.3. The van der Waals surface area contributed by atoms with Gasteiger partial charge in [0.25, 0.3) is 0 Å². The third-order valence-corrected chi connectivity index (χ3v) is 4.23. The topological polar surface area (TPSA) is 71.0 Å². The van der Waals surface area contributed by atoms with Crippen LogP contribution >= 0.6 is 12.4 Å². The van der Waals surface area contributed by atoms with Gasteiger partial charge in [0.05, 0.1) is 20.8 Å². The Bertz CT molecular complexity index is 521. The molecule has 0 radical (unpaired) electrons. The maximum atomic E-state index is 12.7. The van der Waals surface area contributed by atoms with Crippen LogP contribution in [0.2, 0.25) is 0 Å². The van der Waals surface area contributed by atoms with E-state index in [1.165, 1.54) is 0 Å². The van der Waals surface area contributed by atoms with Gasteiger partial charge < -0.3 is 24.8 Å². The van der Waals surface area contributed by atoms with Gasteiger partial charge in [-0.2, -0.15) is 0 Å². The second kappa shape index (κ2) is 10.4. The quantitative estimate of drug-likeness (QED) is 0.772. The summed E-state index contributed by atoms with van der Waals surface area (Å²) in [4.78, 5) is 14.5. The summed E-state index contributed by atoms with van der Waals surface area (Å²) in [5.74, 6) is 1.54. The van der Waals surface area contributed by atoms with Gasteiger partial charge in [-0.15, -0.1) is 12.4 Å². The standard InChI is InChI=1S/C17H26N2O4.ClH/c1-22-15-4-3-14(16(11-15)23-2)12-19(9-10-20)17(21)13-5-7-18-8-6-13;/h3-4,11,13,18,20H,5-10,12H2,1-2H3;1H. The highest BCUT2D eigenvalue weighted by Gasteiger charge is 2.26. The number of hydrogen-bond donors (Lipinski definition) is 2. The molecular weight excluding hydrogens is 332 g/mol. The number of carbonyl (C=O) groups is 1. The number of ether oxygens (including phenoxy) is 2. The molecular formula is C17H27ClN2O4. The van der Waals surface area contributed by atoms with Gasteiger partial charge in [-0.05, 0) is 38.1 Å². The van der Waals surface area contributed by atoms with Crippen LogP contribution in [-0.4, -0.2) is 56.4 Å². The Kier molecular flexibility index (Phi) is 8.89. The molecule has 0 aliphatic carbocycles. The molecule has 1 saturated heterocycles. The predicted octanol–water partition coefficient (Wildman–Crippen LogP) is 1.45. The summed E-state index contributed by atoms with van der Waals surface area (Å²) in [6, 6.07) is 5.56. The number of aliphatic hydroxyl groups is 1. The second-order valence-electron chi connectivity index (χ2n) is 5.69. The lowest BCUT2D eigenvalue weighted by molar-refractivity contribution is -0.137. The van der Waals surface area contributed by atoms with Crippen LogP contribution in [-0.2, 0) is 11.3 Å². The second-order valence-corrected chi connectivity index (χ2v) is 5.69. The molecule has 0 spiro atoms. The van der Waals surface area contributed by atoms with Crippen LogP contribution in [0.1, 0.15) is 18.4 Å². The Morgan fingerprint density at radius 3 is 2.58 bits per heavy atom. The van der Waals surface area contributed by atoms with Gasteiger partial charge in [-0.25, -0.2) is 0 Å². The normalized spacial score (nSPS) is 14.6. The first-order valence-electron chi connectivity index (χ1n) is 8.01. The van der Waals surface area contributed by atoms with E-state index in [2.05, 4.69) is 5.32 Å². The van der Waals surface area contributed by atoms with E-state index in [4.69, 9.17) is 9.47 Å². The van der Waals surface area contributed by atoms with Crippen molar-refractivity contribution >= 4 is 18.3 Å². The zero-order valence-corrected chi connectivity index (χ0v) is 15.1. The molecule has 1 aromatic rings. The Labute approximate surface area is 149 Å². The van der Waals surface area contributed by atoms with E-state index in [0.29, 0.717) is 24.6 Å². The third kappa shape index (κ3) is 5.26. The molecule has 2 N–H and O–H groups in total. The monoisotopic (exact) mass is 358 g/mol. The summed E-state index contributed by atoms with van der Waals surface area (Å²) in [6.45, 7) is 2.45. The van der Waals surface area contributed by atoms with Crippen LogP contribution < -0.4 is 14.8 Å². The highest BCUT2D eigenvalue weighted by Crippen LogP contribution is 2.26. The zero-order chi connectivity index (χ0) is 16.7. The number of hydrogen-bond acceptors (Lipinski definition) is 5. The van der Waals surface area contributed by atoms with E-state index in [9.17, 15) is 9.90 Å². The number of methoxy groups -OCH3 is 2. The van der Waals surface area contributed by atoms with Crippen LogP contribution in [0.3, 0.4) is 0 Å². The van der Waals surface area contributed by atoms with Gasteiger partial charge in [-0.3, -0.25) is 4.79 Å². The number of carbonyl (C=O) groups excluding carboxylic acids is 1. The molecule has 136 valence electrons. The Morgan fingerprint density at radius 1 is 1.29 bits per heavy atom. The first-order chi connectivity index (χ1) is 11.2. The highest BCUT2D eigenvalue weighted by atomic mass is 35.5. The van der Waals surface area contributed by atoms with Gasteiger partial charge in [0.2, 0.25) is 5.91 Å². The first kappa shape index (κ1) is 20.5. The molecule has 1 heterocycles. The Balaban J connectivity index is 0.00000288. The average Bonchev–Trinajstić information content (AvgIpc) is 2.61. The van der Waals surface area contributed by atoms with Crippen molar-refractivity contribution in [3.8, 4) is 11.5 Å². The van der Waals surface area contributed by atoms with Crippen LogP contribution in [0.15, 0.2) is 18.2 Å². The fraction of sp³-hybridized carbons (Fsp3) is 0.588. The molecule has 1 aliphatic rings. The smallest absolute Gasteiger partial charge is 0.226 e. The number of nitrogens with one attached hydrogen (secondary N) is 1. The van der Waals surface area contributed by atoms with Crippen molar-refractivity contribution in [1.29, 1.82) is 0 Å². The molecule has 2 rings (SSSR count). The number of nitrogens with zero attached hydrogens (tertiary/aromatic N) is 1. The molecule has 6 nitrogen and oxygen atoms in total. The van der Waals surface area contributed by atoms with Gasteiger partial charge in [-0.1, -0.05) is 0 Å². The SMILES string of the molecule is COc1ccc(CN(CCO)C(=O)C2CCNCC2)c(OC)c1.Cl. The number of amides is 1. The van der Waals surface area contributed by atoms with Crippen LogP contribution in [0.5, 0.6) is 11.5 Å². The number of piperidine rings is 1. The van der Waals surface area contributed by atoms with Crippen molar-refractivity contribution < 1.29 is 19.4 Å². The number of aliphatic hydroxyl groups excluding tert-OH is 1. The van der Waals surface area contributed by atoms with E-state index < -0.39 is 0 Å². The number of halogens is 1. The molecule has 0 saturated carbocycles. The van der Waals surface area contributed by atoms with Crippen molar-refractivity contribution in [3.63, 3.8) is 0 Å². The molecule has 1 fully saturated rings. The number of rotatable bonds is 7. The number of benzene rings is 1. The molecule has 0 unspecified atom stereocenters. The van der Waals surface area contributed by atoms with Gasteiger partial charge in [0, 0.05) is 30.6 Å². The Morgan fingerprint density at radius 2 is 2.00 bits per heavy atom. The minimum absolute atomic E-state index is 0. The fourth-order valence-corrected chi connectivity index (χ4v) is 2.90. The molecule has 1 amide bonds. The lowest BCUT2D eigenvalue weighted by Gasteiger charge is -2.29. The van der Waals surface area contributed by atoms with Gasteiger partial charge in [0.15, 0.2) is 0 Å². The van der Waals surface area contributed by atoms with Crippen LogP contribution in [0, 0.1) is 5.92 Å². The van der Waals surface area contributed by atoms with E-state index in [-0.39, 0.29) is 30.8 Å². The van der Waals surface area contributed by atoms with E-state index >= 15 is 0 Å². The van der Waals surface area contributed by atoms with Crippen molar-refractivity contribution in [3.05, 3.63) is 23.8 Å². The average molecular weight is 359 g/mol. The lowest BCUT2D eigenvalue weighted by atomic mass is 9.96. The van der Waals surface area contributed by atoms with Crippen molar-refractivity contribution in [1.82, 2.24) is 10.2 Å². The molecule has 0 bridgehead atoms. The van der Waals surface area contributed by atoms with Crippen molar-refractivity contribution in [2.45, 2.75) is 19.4 Å². The Hall–Kier alpha value is -1.50. The first-order valence-corrected chi connectivity index (χ1v) is 8.01. The maximum absolute atomic E-state index is 12.7. The largest absolute Gasteiger partial charge is 0.497 e. The van der Waals surface area contributed by atoms with Crippen LogP contribution in [0.25, 0.3) is 0 Å². The van der Waals surface area contributed by atoms with E-state index in [1.807, 2.05) is 18.2 Å². The fourth-order valence-electron chi connectivity index (χ4n) is 2.90. The molecule has 0 atom stereocenters. The van der Waals surface area contributed by atoms with Crippen molar-refractivity contribution in [2.24, 2.45) is 5.92 Å². The molecule has 1 aliphatic heterocycles.